The highest BCUT2D eigenvalue weighted by molar-refractivity contribution is 5.30. The quantitative estimate of drug-likeness (QED) is 0.552. The van der Waals surface area contributed by atoms with Gasteiger partial charge in [-0.15, -0.1) is 0 Å². The van der Waals surface area contributed by atoms with Gasteiger partial charge < -0.3 is 10.2 Å². The molecule has 13 heavy (non-hydrogen) atoms. The van der Waals surface area contributed by atoms with E-state index < -0.39 is 0 Å². The van der Waals surface area contributed by atoms with Gasteiger partial charge in [0.1, 0.15) is 0 Å². The number of fused-ring (bicyclic) bond motifs is 2. The molecular formula is C11H14O2. The van der Waals surface area contributed by atoms with E-state index in [9.17, 15) is 10.2 Å². The summed E-state index contributed by atoms with van der Waals surface area (Å²) >= 11 is 0. The summed E-state index contributed by atoms with van der Waals surface area (Å²) in [6.45, 7) is 0. The number of hydrogen-bond acceptors (Lipinski definition) is 2. The monoisotopic (exact) mass is 178 g/mol. The predicted octanol–water partition coefficient (Wildman–Crippen LogP) is 0.0959. The van der Waals surface area contributed by atoms with E-state index in [1.54, 1.807) is 0 Å². The highest BCUT2D eigenvalue weighted by Gasteiger charge is 2.83. The lowest BCUT2D eigenvalue weighted by Gasteiger charge is -2.47. The first kappa shape index (κ1) is 6.41. The van der Waals surface area contributed by atoms with Gasteiger partial charge in [0.2, 0.25) is 0 Å². The van der Waals surface area contributed by atoms with Crippen LogP contribution in [0.4, 0.5) is 0 Å². The summed E-state index contributed by atoms with van der Waals surface area (Å²) in [7, 11) is 0. The summed E-state index contributed by atoms with van der Waals surface area (Å²) in [5.41, 5.74) is 0. The fourth-order valence-corrected chi connectivity index (χ4v) is 6.44. The zero-order valence-corrected chi connectivity index (χ0v) is 7.38. The van der Waals surface area contributed by atoms with Gasteiger partial charge >= 0.3 is 0 Å². The lowest BCUT2D eigenvalue weighted by molar-refractivity contribution is -0.109. The maximum Gasteiger partial charge on any atom is 0.0609 e. The van der Waals surface area contributed by atoms with Crippen LogP contribution in [0.15, 0.2) is 0 Å². The maximum absolute atomic E-state index is 10.1. The van der Waals surface area contributed by atoms with Crippen LogP contribution in [0.25, 0.3) is 0 Å². The molecule has 5 aliphatic carbocycles. The fraction of sp³-hybridized carbons (Fsp3) is 1.00. The molecule has 2 heteroatoms. The Labute approximate surface area is 76.9 Å². The van der Waals surface area contributed by atoms with Crippen LogP contribution in [-0.2, 0) is 0 Å². The zero-order valence-electron chi connectivity index (χ0n) is 7.38. The number of rotatable bonds is 0. The molecule has 0 aromatic rings. The Hall–Kier alpha value is -0.0800. The molecule has 4 unspecified atom stereocenters. The van der Waals surface area contributed by atoms with Crippen LogP contribution in [-0.4, -0.2) is 22.4 Å². The first-order valence-electron chi connectivity index (χ1n) is 5.67. The van der Waals surface area contributed by atoms with Gasteiger partial charge in [-0.05, 0) is 53.8 Å². The average molecular weight is 178 g/mol. The second-order valence-corrected chi connectivity index (χ2v) is 6.01. The van der Waals surface area contributed by atoms with Crippen molar-refractivity contribution in [3.8, 4) is 0 Å². The van der Waals surface area contributed by atoms with Gasteiger partial charge in [0.05, 0.1) is 12.2 Å². The Bertz CT molecular complexity index is 281. The Balaban J connectivity index is 1.83. The van der Waals surface area contributed by atoms with Gasteiger partial charge in [-0.2, -0.15) is 0 Å². The molecule has 5 fully saturated rings. The molecule has 5 saturated carbocycles. The Kier molecular flexibility index (Phi) is 0.733. The number of hydrogen-bond donors (Lipinski definition) is 2. The van der Waals surface area contributed by atoms with E-state index in [2.05, 4.69) is 0 Å². The van der Waals surface area contributed by atoms with Crippen LogP contribution in [0.1, 0.15) is 6.42 Å². The van der Waals surface area contributed by atoms with Crippen molar-refractivity contribution in [3.63, 3.8) is 0 Å². The molecule has 0 radical (unpaired) electrons. The minimum atomic E-state index is -0.0304. The van der Waals surface area contributed by atoms with E-state index in [1.807, 2.05) is 0 Å². The van der Waals surface area contributed by atoms with Crippen LogP contribution in [0.5, 0.6) is 0 Å². The molecule has 0 aromatic heterocycles. The molecule has 0 heterocycles. The van der Waals surface area contributed by atoms with Gasteiger partial charge in [0.15, 0.2) is 0 Å². The number of aliphatic hydroxyl groups excluding tert-OH is 2. The van der Waals surface area contributed by atoms with Crippen molar-refractivity contribution in [1.82, 2.24) is 0 Å². The van der Waals surface area contributed by atoms with E-state index >= 15 is 0 Å². The summed E-state index contributed by atoms with van der Waals surface area (Å²) < 4.78 is 0. The van der Waals surface area contributed by atoms with Crippen LogP contribution < -0.4 is 0 Å². The molecule has 2 nitrogen and oxygen atoms in total. The molecule has 0 spiro atoms. The smallest absolute Gasteiger partial charge is 0.0609 e. The molecule has 5 aliphatic rings. The van der Waals surface area contributed by atoms with Crippen LogP contribution >= 0.6 is 0 Å². The predicted molar refractivity (Wildman–Crippen MR) is 44.6 cm³/mol. The highest BCUT2D eigenvalue weighted by Crippen LogP contribution is 2.82. The third kappa shape index (κ3) is 0.375. The number of aliphatic hydroxyl groups is 2. The molecule has 0 saturated heterocycles. The van der Waals surface area contributed by atoms with Crippen molar-refractivity contribution in [3.05, 3.63) is 0 Å². The van der Waals surface area contributed by atoms with Crippen LogP contribution in [0, 0.1) is 47.3 Å². The minimum absolute atomic E-state index is 0.0304. The summed E-state index contributed by atoms with van der Waals surface area (Å²) in [6, 6.07) is 0. The molecule has 0 aromatic carbocycles. The largest absolute Gasteiger partial charge is 0.393 e. The normalized spacial score (nSPS) is 85.4. The minimum Gasteiger partial charge on any atom is -0.393 e. The van der Waals surface area contributed by atoms with Crippen LogP contribution in [0.3, 0.4) is 0 Å². The first-order chi connectivity index (χ1) is 6.30. The van der Waals surface area contributed by atoms with Crippen molar-refractivity contribution < 1.29 is 10.2 Å². The Morgan fingerprint density at radius 3 is 1.54 bits per heavy atom. The molecule has 5 rings (SSSR count). The summed E-state index contributed by atoms with van der Waals surface area (Å²) in [6.07, 6.45) is 1.28. The molecular weight excluding hydrogens is 164 g/mol. The van der Waals surface area contributed by atoms with E-state index in [0.717, 1.165) is 23.7 Å². The van der Waals surface area contributed by atoms with E-state index in [-0.39, 0.29) is 12.2 Å². The second-order valence-electron chi connectivity index (χ2n) is 6.01. The SMILES string of the molecule is OC1C2C3C[C@@H]4[C@H]2[C@@H](O)[C@@H]2[C@H]1C3[C@H]42. The average Bonchev–Trinajstić information content (AvgIpc) is 2.52. The van der Waals surface area contributed by atoms with Crippen LogP contribution in [0.2, 0.25) is 0 Å². The van der Waals surface area contributed by atoms with Gasteiger partial charge in [-0.1, -0.05) is 0 Å². The Morgan fingerprint density at radius 1 is 0.615 bits per heavy atom. The lowest BCUT2D eigenvalue weighted by atomic mass is 9.58. The molecule has 10 atom stereocenters. The summed E-state index contributed by atoms with van der Waals surface area (Å²) in [4.78, 5) is 0. The molecule has 2 bridgehead atoms. The fourth-order valence-electron chi connectivity index (χ4n) is 6.44. The summed E-state index contributed by atoms with van der Waals surface area (Å²) in [5, 5.41) is 20.2. The molecule has 0 amide bonds. The van der Waals surface area contributed by atoms with Crippen molar-refractivity contribution in [2.75, 3.05) is 0 Å². The van der Waals surface area contributed by atoms with Gasteiger partial charge in [-0.3, -0.25) is 0 Å². The first-order valence-corrected chi connectivity index (χ1v) is 5.67. The molecule has 2 N–H and O–H groups in total. The maximum atomic E-state index is 10.1. The third-order valence-corrected chi connectivity index (χ3v) is 6.32. The highest BCUT2D eigenvalue weighted by atomic mass is 16.3. The van der Waals surface area contributed by atoms with Gasteiger partial charge in [-0.25, -0.2) is 0 Å². The topological polar surface area (TPSA) is 40.5 Å². The van der Waals surface area contributed by atoms with E-state index in [1.165, 1.54) is 6.42 Å². The van der Waals surface area contributed by atoms with Gasteiger partial charge in [0.25, 0.3) is 0 Å². The zero-order chi connectivity index (χ0) is 8.48. The van der Waals surface area contributed by atoms with Crippen molar-refractivity contribution in [2.45, 2.75) is 18.6 Å². The molecule has 0 aliphatic heterocycles. The molecule has 70 valence electrons. The second kappa shape index (κ2) is 1.49. The van der Waals surface area contributed by atoms with E-state index in [4.69, 9.17) is 0 Å². The van der Waals surface area contributed by atoms with E-state index in [0.29, 0.717) is 23.7 Å². The van der Waals surface area contributed by atoms with Crippen molar-refractivity contribution >= 4 is 0 Å². The lowest BCUT2D eigenvalue weighted by Crippen LogP contribution is -2.51. The summed E-state index contributed by atoms with van der Waals surface area (Å²) in [5.74, 6) is 5.33. The van der Waals surface area contributed by atoms with Crippen molar-refractivity contribution in [1.29, 1.82) is 0 Å². The third-order valence-electron chi connectivity index (χ3n) is 6.32. The van der Waals surface area contributed by atoms with Crippen molar-refractivity contribution in [2.24, 2.45) is 47.3 Å². The standard InChI is InChI=1S/C11H14O2/c12-10-6-2-1-3-5-4(2)8(10)9(5)11(13)7(3)6/h2-13H,1H2/t2-,3?,4-,5?,6+,7?,8-,9+,10+,11?/m0/s1. The van der Waals surface area contributed by atoms with Gasteiger partial charge in [0, 0.05) is 0 Å². The Morgan fingerprint density at radius 2 is 1.08 bits per heavy atom.